The summed E-state index contributed by atoms with van der Waals surface area (Å²) in [6.07, 6.45) is 0.744. The van der Waals surface area contributed by atoms with E-state index in [1.807, 2.05) is 6.92 Å². The first kappa shape index (κ1) is 16.7. The topological polar surface area (TPSA) is 74.7 Å². The largest absolute Gasteiger partial charge is 0.395 e. The lowest BCUT2D eigenvalue weighted by atomic mass is 10.2. The van der Waals surface area contributed by atoms with Crippen LogP contribution in [0.25, 0.3) is 0 Å². The van der Waals surface area contributed by atoms with E-state index in [0.717, 1.165) is 6.42 Å². The van der Waals surface area contributed by atoms with Crippen molar-refractivity contribution in [2.24, 2.45) is 0 Å². The maximum atomic E-state index is 12.5. The van der Waals surface area contributed by atoms with Crippen molar-refractivity contribution in [2.75, 3.05) is 25.4 Å². The molecule has 0 fully saturated rings. The first-order chi connectivity index (χ1) is 9.47. The summed E-state index contributed by atoms with van der Waals surface area (Å²) in [7, 11) is -3.45. The highest BCUT2D eigenvalue weighted by Gasteiger charge is 2.23. The van der Waals surface area contributed by atoms with E-state index in [9.17, 15) is 13.2 Å². The minimum absolute atomic E-state index is 0.0505. The number of aliphatic hydroxyl groups is 1. The van der Waals surface area contributed by atoms with Crippen LogP contribution in [0.15, 0.2) is 29.2 Å². The SMILES string of the molecule is CCCN(CCO)C(=O)c1ccccc1S(=O)(=O)CC. The minimum Gasteiger partial charge on any atom is -0.395 e. The number of benzene rings is 1. The van der Waals surface area contributed by atoms with Gasteiger partial charge in [0.05, 0.1) is 22.8 Å². The van der Waals surface area contributed by atoms with E-state index < -0.39 is 9.84 Å². The summed E-state index contributed by atoms with van der Waals surface area (Å²) in [5.41, 5.74) is 0.177. The molecule has 0 aliphatic carbocycles. The standard InChI is InChI=1S/C14H21NO4S/c1-3-9-15(10-11-16)14(17)12-7-5-6-8-13(12)20(18,19)4-2/h5-8,16H,3-4,9-11H2,1-2H3. The first-order valence-corrected chi connectivity index (χ1v) is 8.35. The molecule has 6 heteroatoms. The molecule has 0 spiro atoms. The molecular formula is C14H21NO4S. The van der Waals surface area contributed by atoms with Crippen molar-refractivity contribution in [1.29, 1.82) is 0 Å². The van der Waals surface area contributed by atoms with Crippen LogP contribution < -0.4 is 0 Å². The average molecular weight is 299 g/mol. The zero-order valence-corrected chi connectivity index (χ0v) is 12.7. The van der Waals surface area contributed by atoms with Gasteiger partial charge in [0, 0.05) is 13.1 Å². The Labute approximate surface area is 120 Å². The van der Waals surface area contributed by atoms with E-state index in [0.29, 0.717) is 6.54 Å². The number of rotatable bonds is 7. The summed E-state index contributed by atoms with van der Waals surface area (Å²) < 4.78 is 24.1. The number of sulfone groups is 1. The van der Waals surface area contributed by atoms with Crippen LogP contribution in [0.5, 0.6) is 0 Å². The van der Waals surface area contributed by atoms with Crippen LogP contribution in [0.4, 0.5) is 0 Å². The molecule has 0 unspecified atom stereocenters. The number of carbonyl (C=O) groups excluding carboxylic acids is 1. The average Bonchev–Trinajstić information content (AvgIpc) is 2.46. The highest BCUT2D eigenvalue weighted by atomic mass is 32.2. The molecular weight excluding hydrogens is 278 g/mol. The predicted octanol–water partition coefficient (Wildman–Crippen LogP) is 1.32. The number of carbonyl (C=O) groups is 1. The summed E-state index contributed by atoms with van der Waals surface area (Å²) in [5.74, 6) is -0.404. The molecule has 0 aliphatic heterocycles. The Kier molecular flexibility index (Phi) is 6.16. The molecule has 0 atom stereocenters. The Hall–Kier alpha value is -1.40. The molecule has 0 aromatic heterocycles. The van der Waals surface area contributed by atoms with Crippen molar-refractivity contribution in [2.45, 2.75) is 25.2 Å². The second kappa shape index (κ2) is 7.40. The van der Waals surface area contributed by atoms with Gasteiger partial charge < -0.3 is 10.0 Å². The zero-order chi connectivity index (χ0) is 15.2. The van der Waals surface area contributed by atoms with Gasteiger partial charge >= 0.3 is 0 Å². The van der Waals surface area contributed by atoms with Crippen LogP contribution in [-0.4, -0.2) is 49.8 Å². The smallest absolute Gasteiger partial charge is 0.255 e. The lowest BCUT2D eigenvalue weighted by Crippen LogP contribution is -2.35. The maximum Gasteiger partial charge on any atom is 0.255 e. The molecule has 0 saturated carbocycles. The van der Waals surface area contributed by atoms with E-state index in [1.165, 1.54) is 17.0 Å². The van der Waals surface area contributed by atoms with E-state index in [-0.39, 0.29) is 35.3 Å². The first-order valence-electron chi connectivity index (χ1n) is 6.69. The third-order valence-corrected chi connectivity index (χ3v) is 4.77. The Bertz CT molecular complexity index is 548. The predicted molar refractivity (Wildman–Crippen MR) is 77.4 cm³/mol. The highest BCUT2D eigenvalue weighted by molar-refractivity contribution is 7.91. The van der Waals surface area contributed by atoms with Gasteiger partial charge in [0.15, 0.2) is 9.84 Å². The molecule has 1 aromatic carbocycles. The van der Waals surface area contributed by atoms with Crippen LogP contribution in [0.1, 0.15) is 30.6 Å². The maximum absolute atomic E-state index is 12.5. The fraction of sp³-hybridized carbons (Fsp3) is 0.500. The lowest BCUT2D eigenvalue weighted by Gasteiger charge is -2.22. The van der Waals surface area contributed by atoms with Crippen LogP contribution in [0.2, 0.25) is 0 Å². The number of hydrogen-bond acceptors (Lipinski definition) is 4. The molecule has 0 bridgehead atoms. The third kappa shape index (κ3) is 3.80. The molecule has 0 radical (unpaired) electrons. The quantitative estimate of drug-likeness (QED) is 0.824. The highest BCUT2D eigenvalue weighted by Crippen LogP contribution is 2.19. The number of hydrogen-bond donors (Lipinski definition) is 1. The van der Waals surface area contributed by atoms with Crippen molar-refractivity contribution in [3.05, 3.63) is 29.8 Å². The fourth-order valence-electron chi connectivity index (χ4n) is 1.95. The minimum atomic E-state index is -3.45. The summed E-state index contributed by atoms with van der Waals surface area (Å²) in [5, 5.41) is 9.02. The summed E-state index contributed by atoms with van der Waals surface area (Å²) in [6.45, 7) is 4.02. The molecule has 112 valence electrons. The van der Waals surface area contributed by atoms with Crippen molar-refractivity contribution in [3.8, 4) is 0 Å². The fourth-order valence-corrected chi connectivity index (χ4v) is 3.03. The molecule has 1 N–H and O–H groups in total. The monoisotopic (exact) mass is 299 g/mol. The summed E-state index contributed by atoms with van der Waals surface area (Å²) >= 11 is 0. The Morgan fingerprint density at radius 3 is 2.40 bits per heavy atom. The van der Waals surface area contributed by atoms with Gasteiger partial charge in [-0.25, -0.2) is 8.42 Å². The normalized spacial score (nSPS) is 11.3. The molecule has 0 heterocycles. The van der Waals surface area contributed by atoms with Crippen molar-refractivity contribution < 1.29 is 18.3 Å². The van der Waals surface area contributed by atoms with Crippen LogP contribution in [0, 0.1) is 0 Å². The molecule has 1 aromatic rings. The van der Waals surface area contributed by atoms with Crippen molar-refractivity contribution >= 4 is 15.7 Å². The third-order valence-electron chi connectivity index (χ3n) is 2.98. The van der Waals surface area contributed by atoms with Gasteiger partial charge in [-0.3, -0.25) is 4.79 Å². The molecule has 20 heavy (non-hydrogen) atoms. The molecule has 1 rings (SSSR count). The summed E-state index contributed by atoms with van der Waals surface area (Å²) in [6, 6.07) is 6.22. The van der Waals surface area contributed by atoms with Crippen LogP contribution >= 0.6 is 0 Å². The Morgan fingerprint density at radius 2 is 1.85 bits per heavy atom. The van der Waals surface area contributed by atoms with E-state index in [1.54, 1.807) is 19.1 Å². The van der Waals surface area contributed by atoms with Crippen molar-refractivity contribution in [1.82, 2.24) is 4.90 Å². The van der Waals surface area contributed by atoms with Gasteiger partial charge in [0.1, 0.15) is 0 Å². The molecule has 0 saturated heterocycles. The number of nitrogens with zero attached hydrogens (tertiary/aromatic N) is 1. The molecule has 0 aliphatic rings. The van der Waals surface area contributed by atoms with Gasteiger partial charge in [-0.1, -0.05) is 26.0 Å². The number of aliphatic hydroxyl groups excluding tert-OH is 1. The van der Waals surface area contributed by atoms with Gasteiger partial charge in [-0.05, 0) is 18.6 Å². The zero-order valence-electron chi connectivity index (χ0n) is 11.9. The van der Waals surface area contributed by atoms with E-state index in [4.69, 9.17) is 5.11 Å². The van der Waals surface area contributed by atoms with Gasteiger partial charge in [-0.2, -0.15) is 0 Å². The lowest BCUT2D eigenvalue weighted by molar-refractivity contribution is 0.0718. The Morgan fingerprint density at radius 1 is 1.20 bits per heavy atom. The van der Waals surface area contributed by atoms with E-state index in [2.05, 4.69) is 0 Å². The second-order valence-electron chi connectivity index (χ2n) is 4.42. The molecule has 1 amide bonds. The van der Waals surface area contributed by atoms with Crippen LogP contribution in [-0.2, 0) is 9.84 Å². The van der Waals surface area contributed by atoms with E-state index >= 15 is 0 Å². The number of amides is 1. The second-order valence-corrected chi connectivity index (χ2v) is 6.66. The van der Waals surface area contributed by atoms with Gasteiger partial charge in [0.2, 0.25) is 0 Å². The Balaban J connectivity index is 3.22. The molecule has 5 nitrogen and oxygen atoms in total. The van der Waals surface area contributed by atoms with Crippen molar-refractivity contribution in [3.63, 3.8) is 0 Å². The summed E-state index contributed by atoms with van der Waals surface area (Å²) in [4.78, 5) is 14.0. The van der Waals surface area contributed by atoms with Gasteiger partial charge in [-0.15, -0.1) is 0 Å². The van der Waals surface area contributed by atoms with Crippen LogP contribution in [0.3, 0.4) is 0 Å². The van der Waals surface area contributed by atoms with Gasteiger partial charge in [0.25, 0.3) is 5.91 Å².